The molecule has 0 radical (unpaired) electrons. The lowest BCUT2D eigenvalue weighted by Gasteiger charge is -2.31. The Balaban J connectivity index is 1.58. The minimum atomic E-state index is -0.641. The number of benzene rings is 2. The molecular formula is C22H19ClO3. The van der Waals surface area contributed by atoms with Crippen LogP contribution in [0.25, 0.3) is 5.76 Å². The van der Waals surface area contributed by atoms with Gasteiger partial charge in [-0.3, -0.25) is 9.59 Å². The summed E-state index contributed by atoms with van der Waals surface area (Å²) in [5, 5.41) is 10.8. The van der Waals surface area contributed by atoms with Gasteiger partial charge in [-0.25, -0.2) is 0 Å². The van der Waals surface area contributed by atoms with Crippen LogP contribution in [0.2, 0.25) is 5.02 Å². The molecule has 0 spiro atoms. The summed E-state index contributed by atoms with van der Waals surface area (Å²) in [4.78, 5) is 24.3. The lowest BCUT2D eigenvalue weighted by atomic mass is 9.73. The van der Waals surface area contributed by atoms with Crippen molar-refractivity contribution in [2.75, 3.05) is 0 Å². The number of carbonyl (C=O) groups is 2. The lowest BCUT2D eigenvalue weighted by Crippen LogP contribution is -2.23. The summed E-state index contributed by atoms with van der Waals surface area (Å²) < 4.78 is 0. The van der Waals surface area contributed by atoms with Crippen LogP contribution < -0.4 is 0 Å². The Morgan fingerprint density at radius 3 is 2.23 bits per heavy atom. The predicted molar refractivity (Wildman–Crippen MR) is 102 cm³/mol. The van der Waals surface area contributed by atoms with Gasteiger partial charge in [0.05, 0.1) is 0 Å². The van der Waals surface area contributed by atoms with Crippen LogP contribution >= 0.6 is 11.6 Å². The zero-order valence-electron chi connectivity index (χ0n) is 14.2. The number of allylic oxidation sites excluding steroid dienone is 1. The quantitative estimate of drug-likeness (QED) is 0.719. The molecule has 0 atom stereocenters. The molecule has 4 rings (SSSR count). The van der Waals surface area contributed by atoms with Crippen LogP contribution in [0.5, 0.6) is 0 Å². The fourth-order valence-electron chi connectivity index (χ4n) is 4.24. The third-order valence-electron chi connectivity index (χ3n) is 5.60. The van der Waals surface area contributed by atoms with Crippen LogP contribution in [0, 0.1) is 0 Å². The zero-order chi connectivity index (χ0) is 18.3. The topological polar surface area (TPSA) is 54.4 Å². The molecule has 0 amide bonds. The first-order valence-corrected chi connectivity index (χ1v) is 9.30. The summed E-state index contributed by atoms with van der Waals surface area (Å²) >= 11 is 5.97. The van der Waals surface area contributed by atoms with Gasteiger partial charge in [0.1, 0.15) is 5.76 Å². The van der Waals surface area contributed by atoms with Crippen LogP contribution in [0.15, 0.2) is 48.5 Å². The maximum atomic E-state index is 12.4. The van der Waals surface area contributed by atoms with Gasteiger partial charge in [-0.2, -0.15) is 0 Å². The summed E-state index contributed by atoms with van der Waals surface area (Å²) in [7, 11) is 0. The minimum Gasteiger partial charge on any atom is -0.507 e. The van der Waals surface area contributed by atoms with E-state index in [4.69, 9.17) is 11.6 Å². The Bertz CT molecular complexity index is 903. The van der Waals surface area contributed by atoms with E-state index >= 15 is 0 Å². The van der Waals surface area contributed by atoms with Gasteiger partial charge < -0.3 is 5.11 Å². The van der Waals surface area contributed by atoms with Gasteiger partial charge in [0.15, 0.2) is 0 Å². The van der Waals surface area contributed by atoms with Crippen molar-refractivity contribution in [2.24, 2.45) is 0 Å². The van der Waals surface area contributed by atoms with Gasteiger partial charge in [0.2, 0.25) is 11.6 Å². The van der Waals surface area contributed by atoms with Crippen molar-refractivity contribution in [3.05, 3.63) is 75.8 Å². The number of hydrogen-bond acceptors (Lipinski definition) is 3. The SMILES string of the molecule is O=C1C=C(O)c2cccc(C3CCC(c4ccc(Cl)cc4)CC3)c2C1=O. The van der Waals surface area contributed by atoms with E-state index in [2.05, 4.69) is 12.1 Å². The molecule has 2 aromatic carbocycles. The maximum absolute atomic E-state index is 12.4. The molecule has 0 bridgehead atoms. The molecule has 1 saturated carbocycles. The van der Waals surface area contributed by atoms with Crippen molar-refractivity contribution < 1.29 is 14.7 Å². The van der Waals surface area contributed by atoms with E-state index in [-0.39, 0.29) is 11.7 Å². The second-order valence-corrected chi connectivity index (χ2v) is 7.53. The van der Waals surface area contributed by atoms with E-state index in [1.54, 1.807) is 6.07 Å². The summed E-state index contributed by atoms with van der Waals surface area (Å²) in [6.07, 6.45) is 4.98. The molecule has 0 heterocycles. The fraction of sp³-hybridized carbons (Fsp3) is 0.273. The van der Waals surface area contributed by atoms with Crippen LogP contribution in [0.3, 0.4) is 0 Å². The molecule has 132 valence electrons. The lowest BCUT2D eigenvalue weighted by molar-refractivity contribution is -0.111. The van der Waals surface area contributed by atoms with E-state index in [1.807, 2.05) is 24.3 Å². The van der Waals surface area contributed by atoms with Crippen molar-refractivity contribution in [1.82, 2.24) is 0 Å². The highest BCUT2D eigenvalue weighted by Crippen LogP contribution is 2.43. The number of carbonyl (C=O) groups excluding carboxylic acids is 2. The average Bonchev–Trinajstić information content (AvgIpc) is 2.66. The van der Waals surface area contributed by atoms with Crippen LogP contribution in [-0.2, 0) is 4.79 Å². The van der Waals surface area contributed by atoms with Crippen molar-refractivity contribution >= 4 is 28.9 Å². The van der Waals surface area contributed by atoms with E-state index in [1.165, 1.54) is 5.56 Å². The number of aliphatic hydroxyl groups is 1. The number of Topliss-reactive ketones (excluding diaryl/α,β-unsaturated/α-hetero) is 1. The fourth-order valence-corrected chi connectivity index (χ4v) is 4.37. The number of fused-ring (bicyclic) bond motifs is 1. The summed E-state index contributed by atoms with van der Waals surface area (Å²) in [6.45, 7) is 0. The second-order valence-electron chi connectivity index (χ2n) is 7.09. The predicted octanol–water partition coefficient (Wildman–Crippen LogP) is 5.45. The summed E-state index contributed by atoms with van der Waals surface area (Å²) in [6, 6.07) is 13.5. The molecular weight excluding hydrogens is 348 g/mol. The van der Waals surface area contributed by atoms with Gasteiger partial charge in [0.25, 0.3) is 0 Å². The highest BCUT2D eigenvalue weighted by Gasteiger charge is 2.32. The minimum absolute atomic E-state index is 0.110. The van der Waals surface area contributed by atoms with Gasteiger partial charge in [-0.05, 0) is 60.8 Å². The third-order valence-corrected chi connectivity index (χ3v) is 5.85. The Morgan fingerprint density at radius 2 is 1.54 bits per heavy atom. The molecule has 3 nitrogen and oxygen atoms in total. The first-order valence-electron chi connectivity index (χ1n) is 8.92. The highest BCUT2D eigenvalue weighted by molar-refractivity contribution is 6.50. The third kappa shape index (κ3) is 2.97. The van der Waals surface area contributed by atoms with Gasteiger partial charge in [-0.15, -0.1) is 0 Å². The number of hydrogen-bond donors (Lipinski definition) is 1. The maximum Gasteiger partial charge on any atom is 0.234 e. The average molecular weight is 367 g/mol. The molecule has 4 heteroatoms. The summed E-state index contributed by atoms with van der Waals surface area (Å²) in [5.74, 6) is -0.531. The Kier molecular flexibility index (Phi) is 4.41. The molecule has 2 aliphatic carbocycles. The molecule has 1 fully saturated rings. The Labute approximate surface area is 157 Å². The van der Waals surface area contributed by atoms with Crippen molar-refractivity contribution in [3.8, 4) is 0 Å². The number of rotatable bonds is 2. The second kappa shape index (κ2) is 6.73. The van der Waals surface area contributed by atoms with Crippen LogP contribution in [-0.4, -0.2) is 16.7 Å². The van der Waals surface area contributed by atoms with Crippen LogP contribution in [0.4, 0.5) is 0 Å². The molecule has 0 aromatic heterocycles. The largest absolute Gasteiger partial charge is 0.507 e. The number of halogens is 1. The molecule has 1 N–H and O–H groups in total. The number of ketones is 2. The van der Waals surface area contributed by atoms with Crippen molar-refractivity contribution in [2.45, 2.75) is 37.5 Å². The molecule has 2 aliphatic rings. The van der Waals surface area contributed by atoms with E-state index in [0.29, 0.717) is 17.0 Å². The van der Waals surface area contributed by atoms with Crippen molar-refractivity contribution in [3.63, 3.8) is 0 Å². The highest BCUT2D eigenvalue weighted by atomic mass is 35.5. The van der Waals surface area contributed by atoms with Gasteiger partial charge in [-0.1, -0.05) is 41.9 Å². The normalized spacial score (nSPS) is 22.7. The van der Waals surface area contributed by atoms with Gasteiger partial charge >= 0.3 is 0 Å². The first-order chi connectivity index (χ1) is 12.5. The standard InChI is InChI=1S/C22H19ClO3/c23-16-10-8-14(9-11-16)13-4-6-15(7-5-13)17-2-1-3-18-19(24)12-20(25)22(26)21(17)18/h1-3,8-13,15,24H,4-7H2. The Morgan fingerprint density at radius 1 is 0.885 bits per heavy atom. The molecule has 2 aromatic rings. The first kappa shape index (κ1) is 17.0. The van der Waals surface area contributed by atoms with E-state index in [9.17, 15) is 14.7 Å². The monoisotopic (exact) mass is 366 g/mol. The molecule has 26 heavy (non-hydrogen) atoms. The number of aliphatic hydroxyl groups excluding tert-OH is 1. The zero-order valence-corrected chi connectivity index (χ0v) is 15.0. The smallest absolute Gasteiger partial charge is 0.234 e. The van der Waals surface area contributed by atoms with Crippen molar-refractivity contribution in [1.29, 1.82) is 0 Å². The molecule has 0 unspecified atom stereocenters. The molecule has 0 aliphatic heterocycles. The molecule has 0 saturated heterocycles. The van der Waals surface area contributed by atoms with E-state index in [0.717, 1.165) is 42.3 Å². The summed E-state index contributed by atoms with van der Waals surface area (Å²) in [5.41, 5.74) is 3.07. The van der Waals surface area contributed by atoms with Gasteiger partial charge in [0, 0.05) is 22.2 Å². The van der Waals surface area contributed by atoms with Crippen LogP contribution in [0.1, 0.15) is 64.6 Å². The Hall–Kier alpha value is -2.39. The van der Waals surface area contributed by atoms with E-state index < -0.39 is 11.6 Å².